The molecule has 0 saturated carbocycles. The third-order valence-corrected chi connectivity index (χ3v) is 4.64. The molecule has 2 aromatic carbocycles. The fourth-order valence-electron chi connectivity index (χ4n) is 3.12. The number of methoxy groups -OCH3 is 1. The van der Waals surface area contributed by atoms with E-state index >= 15 is 0 Å². The molecule has 0 spiro atoms. The minimum absolute atomic E-state index is 0.0292. The van der Waals surface area contributed by atoms with Gasteiger partial charge in [0, 0.05) is 37.7 Å². The zero-order valence-electron chi connectivity index (χ0n) is 15.6. The van der Waals surface area contributed by atoms with Gasteiger partial charge >= 0.3 is 0 Å². The van der Waals surface area contributed by atoms with Crippen LogP contribution in [0.4, 0.5) is 0 Å². The van der Waals surface area contributed by atoms with Crippen LogP contribution in [0, 0.1) is 0 Å². The molecule has 0 aliphatic carbocycles. The molecule has 1 heterocycles. The highest BCUT2D eigenvalue weighted by molar-refractivity contribution is 5.94. The number of amides is 2. The predicted octanol–water partition coefficient (Wildman–Crippen LogP) is 2.34. The first-order chi connectivity index (χ1) is 13.1. The summed E-state index contributed by atoms with van der Waals surface area (Å²) >= 11 is 0. The molecule has 1 aliphatic rings. The van der Waals surface area contributed by atoms with Gasteiger partial charge in [-0.25, -0.2) is 0 Å². The van der Waals surface area contributed by atoms with Crippen LogP contribution in [0.15, 0.2) is 48.5 Å². The number of carbonyl (C=O) groups is 2. The third kappa shape index (κ3) is 4.65. The van der Waals surface area contributed by atoms with Crippen molar-refractivity contribution in [2.75, 3.05) is 33.4 Å². The lowest BCUT2D eigenvalue weighted by Crippen LogP contribution is -2.49. The van der Waals surface area contributed by atoms with E-state index in [1.165, 1.54) is 0 Å². The van der Waals surface area contributed by atoms with E-state index in [4.69, 9.17) is 9.47 Å². The van der Waals surface area contributed by atoms with Crippen molar-refractivity contribution in [1.29, 1.82) is 0 Å². The zero-order valence-corrected chi connectivity index (χ0v) is 15.6. The summed E-state index contributed by atoms with van der Waals surface area (Å²) in [5, 5.41) is 2.88. The second kappa shape index (κ2) is 8.68. The Morgan fingerprint density at radius 1 is 1.19 bits per heavy atom. The highest BCUT2D eigenvalue weighted by Gasteiger charge is 2.22. The van der Waals surface area contributed by atoms with Gasteiger partial charge in [-0.05, 0) is 23.8 Å². The van der Waals surface area contributed by atoms with Gasteiger partial charge in [-0.3, -0.25) is 9.59 Å². The van der Waals surface area contributed by atoms with Gasteiger partial charge in [0.05, 0.1) is 19.8 Å². The lowest BCUT2D eigenvalue weighted by molar-refractivity contribution is -0.136. The van der Waals surface area contributed by atoms with Crippen molar-refractivity contribution in [2.45, 2.75) is 13.0 Å². The molecule has 6 nitrogen and oxygen atoms in total. The fraction of sp³-hybridized carbons (Fsp3) is 0.333. The third-order valence-electron chi connectivity index (χ3n) is 4.64. The first-order valence-electron chi connectivity index (χ1n) is 8.97. The van der Waals surface area contributed by atoms with Gasteiger partial charge in [0.15, 0.2) is 0 Å². The Balaban J connectivity index is 1.60. The largest absolute Gasteiger partial charge is 0.496 e. The number of morpholine rings is 1. The molecular formula is C21H24N2O4. The zero-order chi connectivity index (χ0) is 19.2. The summed E-state index contributed by atoms with van der Waals surface area (Å²) in [5.41, 5.74) is 2.54. The normalized spacial score (nSPS) is 16.7. The molecule has 142 valence electrons. The molecule has 1 aliphatic heterocycles. The Morgan fingerprint density at radius 2 is 1.93 bits per heavy atom. The van der Waals surface area contributed by atoms with Crippen LogP contribution in [0.3, 0.4) is 0 Å². The molecule has 1 saturated heterocycles. The van der Waals surface area contributed by atoms with Crippen LogP contribution < -0.4 is 10.1 Å². The Bertz CT molecular complexity index is 804. The van der Waals surface area contributed by atoms with Crippen LogP contribution in [-0.4, -0.2) is 56.2 Å². The van der Waals surface area contributed by atoms with E-state index in [1.54, 1.807) is 31.1 Å². The molecule has 1 N–H and O–H groups in total. The molecule has 1 atom stereocenters. The van der Waals surface area contributed by atoms with Crippen LogP contribution in [0.5, 0.6) is 5.75 Å². The van der Waals surface area contributed by atoms with Gasteiger partial charge in [-0.2, -0.15) is 0 Å². The number of nitrogens with one attached hydrogen (secondary N) is 1. The lowest BCUT2D eigenvalue weighted by atomic mass is 10.0. The number of rotatable bonds is 5. The number of ether oxygens (including phenoxy) is 2. The minimum atomic E-state index is -0.181. The maximum atomic E-state index is 12.4. The summed E-state index contributed by atoms with van der Waals surface area (Å²) < 4.78 is 11.0. The summed E-state index contributed by atoms with van der Waals surface area (Å²) in [5.74, 6) is 0.658. The molecule has 1 fully saturated rings. The molecule has 3 rings (SSSR count). The average Bonchev–Trinajstić information content (AvgIpc) is 2.72. The first-order valence-corrected chi connectivity index (χ1v) is 8.97. The summed E-state index contributed by atoms with van der Waals surface area (Å²) in [7, 11) is 1.64. The lowest BCUT2D eigenvalue weighted by Gasteiger charge is -2.32. The number of para-hydroxylation sites is 1. The Morgan fingerprint density at radius 3 is 2.63 bits per heavy atom. The number of hydrogen-bond acceptors (Lipinski definition) is 4. The van der Waals surface area contributed by atoms with Gasteiger partial charge in [0.1, 0.15) is 5.75 Å². The van der Waals surface area contributed by atoms with Crippen LogP contribution in [0.2, 0.25) is 0 Å². The van der Waals surface area contributed by atoms with Crippen LogP contribution >= 0.6 is 0 Å². The molecule has 27 heavy (non-hydrogen) atoms. The summed E-state index contributed by atoms with van der Waals surface area (Å²) in [6.45, 7) is 3.52. The molecule has 6 heteroatoms. The smallest absolute Gasteiger partial charge is 0.251 e. The van der Waals surface area contributed by atoms with Crippen LogP contribution in [-0.2, 0) is 9.53 Å². The maximum absolute atomic E-state index is 12.4. The number of benzene rings is 2. The van der Waals surface area contributed by atoms with E-state index in [2.05, 4.69) is 5.32 Å². The van der Waals surface area contributed by atoms with E-state index in [9.17, 15) is 9.59 Å². The highest BCUT2D eigenvalue weighted by atomic mass is 16.5. The van der Waals surface area contributed by atoms with Crippen molar-refractivity contribution in [2.24, 2.45) is 0 Å². The predicted molar refractivity (Wildman–Crippen MR) is 103 cm³/mol. The van der Waals surface area contributed by atoms with Gasteiger partial charge in [-0.1, -0.05) is 30.3 Å². The van der Waals surface area contributed by atoms with Crippen LogP contribution in [0.1, 0.15) is 17.3 Å². The van der Waals surface area contributed by atoms with Gasteiger partial charge in [0.25, 0.3) is 5.91 Å². The molecule has 0 unspecified atom stereocenters. The number of nitrogens with zero attached hydrogens (tertiary/aromatic N) is 1. The van der Waals surface area contributed by atoms with Crippen molar-refractivity contribution >= 4 is 11.8 Å². The highest BCUT2D eigenvalue weighted by Crippen LogP contribution is 2.29. The molecule has 0 bridgehead atoms. The van der Waals surface area contributed by atoms with Crippen LogP contribution in [0.25, 0.3) is 11.1 Å². The Hall–Kier alpha value is -2.86. The molecule has 0 radical (unpaired) electrons. The average molecular weight is 368 g/mol. The summed E-state index contributed by atoms with van der Waals surface area (Å²) in [6, 6.07) is 15.2. The van der Waals surface area contributed by atoms with Gasteiger partial charge in [-0.15, -0.1) is 0 Å². The molecule has 2 aromatic rings. The van der Waals surface area contributed by atoms with E-state index in [0.717, 1.165) is 16.9 Å². The van der Waals surface area contributed by atoms with E-state index < -0.39 is 0 Å². The number of carbonyl (C=O) groups excluding carboxylic acids is 2. The fourth-order valence-corrected chi connectivity index (χ4v) is 3.12. The second-order valence-electron chi connectivity index (χ2n) is 6.45. The van der Waals surface area contributed by atoms with E-state index in [1.807, 2.05) is 36.4 Å². The number of hydrogen-bond donors (Lipinski definition) is 1. The van der Waals surface area contributed by atoms with Gasteiger partial charge < -0.3 is 19.7 Å². The Kier molecular flexibility index (Phi) is 6.08. The summed E-state index contributed by atoms with van der Waals surface area (Å²) in [6.07, 6.45) is -0.181. The molecule has 2 amide bonds. The SMILES string of the molecule is COc1ccccc1-c1ccc(C(=O)NC[C@H]2CN(C(C)=O)CCO2)cc1. The van der Waals surface area contributed by atoms with Crippen molar-refractivity contribution in [3.63, 3.8) is 0 Å². The van der Waals surface area contributed by atoms with Gasteiger partial charge in [0.2, 0.25) is 5.91 Å². The van der Waals surface area contributed by atoms with Crippen molar-refractivity contribution < 1.29 is 19.1 Å². The minimum Gasteiger partial charge on any atom is -0.496 e. The summed E-state index contributed by atoms with van der Waals surface area (Å²) in [4.78, 5) is 25.6. The van der Waals surface area contributed by atoms with E-state index in [-0.39, 0.29) is 17.9 Å². The molecular weight excluding hydrogens is 344 g/mol. The van der Waals surface area contributed by atoms with Crippen molar-refractivity contribution in [3.05, 3.63) is 54.1 Å². The topological polar surface area (TPSA) is 67.9 Å². The molecule has 0 aromatic heterocycles. The van der Waals surface area contributed by atoms with Crippen molar-refractivity contribution in [3.8, 4) is 16.9 Å². The maximum Gasteiger partial charge on any atom is 0.251 e. The quantitative estimate of drug-likeness (QED) is 0.880. The standard InChI is InChI=1S/C21H24N2O4/c1-15(24)23-11-12-27-18(14-23)13-22-21(25)17-9-7-16(8-10-17)19-5-3-4-6-20(19)26-2/h3-10,18H,11-14H2,1-2H3,(H,22,25)/t18-/m0/s1. The van der Waals surface area contributed by atoms with Crippen molar-refractivity contribution in [1.82, 2.24) is 10.2 Å². The Labute approximate surface area is 159 Å². The monoisotopic (exact) mass is 368 g/mol. The second-order valence-corrected chi connectivity index (χ2v) is 6.45. The first kappa shape index (κ1) is 18.9. The van der Waals surface area contributed by atoms with E-state index in [0.29, 0.717) is 31.8 Å².